The van der Waals surface area contributed by atoms with Gasteiger partial charge in [0.05, 0.1) is 12.0 Å². The summed E-state index contributed by atoms with van der Waals surface area (Å²) in [6.07, 6.45) is 0.649. The number of hydrogen-bond acceptors (Lipinski definition) is 4. The maximum atomic E-state index is 11.7. The van der Waals surface area contributed by atoms with Crippen LogP contribution in [0.4, 0.5) is 5.69 Å². The molecule has 17 heavy (non-hydrogen) atoms. The van der Waals surface area contributed by atoms with Gasteiger partial charge in [-0.15, -0.1) is 0 Å². The molecule has 1 atom stereocenters. The summed E-state index contributed by atoms with van der Waals surface area (Å²) in [5.41, 5.74) is -0.412. The summed E-state index contributed by atoms with van der Waals surface area (Å²) in [6, 6.07) is 6.34. The van der Waals surface area contributed by atoms with Crippen LogP contribution >= 0.6 is 0 Å². The van der Waals surface area contributed by atoms with Gasteiger partial charge >= 0.3 is 0 Å². The van der Waals surface area contributed by atoms with Crippen molar-refractivity contribution in [2.45, 2.75) is 18.4 Å². The fraction of sp³-hybridized carbons (Fsp3) is 0.417. The van der Waals surface area contributed by atoms with Crippen molar-refractivity contribution in [1.82, 2.24) is 5.32 Å². The number of carbonyl (C=O) groups excluding carboxylic acids is 1. The topological polar surface area (TPSA) is 81.6 Å². The monoisotopic (exact) mass is 236 g/mol. The third kappa shape index (κ3) is 3.18. The third-order valence-corrected chi connectivity index (χ3v) is 2.84. The summed E-state index contributed by atoms with van der Waals surface area (Å²) < 4.78 is 0. The van der Waals surface area contributed by atoms with E-state index in [1.54, 1.807) is 12.1 Å². The van der Waals surface area contributed by atoms with Crippen molar-refractivity contribution < 1.29 is 15.0 Å². The Morgan fingerprint density at radius 2 is 2.35 bits per heavy atom. The molecule has 92 valence electrons. The van der Waals surface area contributed by atoms with Crippen LogP contribution in [0.25, 0.3) is 0 Å². The standard InChI is InChI=1S/C12H16N2O3/c15-10-3-1-2-9(6-10)14-11(16)7-12(17)4-5-13-8-12/h1-3,6,13,15,17H,4-5,7-8H2,(H,14,16). The molecular formula is C12H16N2O3. The van der Waals surface area contributed by atoms with Crippen LogP contribution in [0, 0.1) is 0 Å². The molecule has 5 nitrogen and oxygen atoms in total. The molecule has 1 aliphatic rings. The Balaban J connectivity index is 1.93. The van der Waals surface area contributed by atoms with Gasteiger partial charge in [-0.05, 0) is 25.1 Å². The first-order chi connectivity index (χ1) is 8.07. The van der Waals surface area contributed by atoms with E-state index in [9.17, 15) is 15.0 Å². The average molecular weight is 236 g/mol. The van der Waals surface area contributed by atoms with E-state index in [1.165, 1.54) is 12.1 Å². The van der Waals surface area contributed by atoms with E-state index in [1.807, 2.05) is 0 Å². The average Bonchev–Trinajstić information content (AvgIpc) is 2.64. The molecule has 1 fully saturated rings. The number of phenols is 1. The fourth-order valence-electron chi connectivity index (χ4n) is 1.97. The number of β-amino-alcohol motifs (C(OH)–C–C–N with tert-alkyl or cyclic N) is 1. The zero-order chi connectivity index (χ0) is 12.3. The van der Waals surface area contributed by atoms with E-state index in [0.717, 1.165) is 6.54 Å². The molecule has 0 spiro atoms. The van der Waals surface area contributed by atoms with Gasteiger partial charge in [0, 0.05) is 18.3 Å². The van der Waals surface area contributed by atoms with Crippen LogP contribution in [-0.2, 0) is 4.79 Å². The number of benzene rings is 1. The molecular weight excluding hydrogens is 220 g/mol. The number of rotatable bonds is 3. The van der Waals surface area contributed by atoms with Gasteiger partial charge in [0.1, 0.15) is 5.75 Å². The second-order valence-electron chi connectivity index (χ2n) is 4.43. The van der Waals surface area contributed by atoms with Gasteiger partial charge in [0.2, 0.25) is 5.91 Å². The highest BCUT2D eigenvalue weighted by molar-refractivity contribution is 5.91. The molecule has 1 unspecified atom stereocenters. The minimum atomic E-state index is -0.944. The normalized spacial score (nSPS) is 23.6. The summed E-state index contributed by atoms with van der Waals surface area (Å²) >= 11 is 0. The van der Waals surface area contributed by atoms with Crippen LogP contribution in [0.5, 0.6) is 5.75 Å². The van der Waals surface area contributed by atoms with E-state index in [0.29, 0.717) is 18.7 Å². The largest absolute Gasteiger partial charge is 0.508 e. The van der Waals surface area contributed by atoms with Crippen LogP contribution in [0.15, 0.2) is 24.3 Å². The summed E-state index contributed by atoms with van der Waals surface area (Å²) in [5.74, 6) is -0.147. The van der Waals surface area contributed by atoms with Crippen molar-refractivity contribution in [3.05, 3.63) is 24.3 Å². The van der Waals surface area contributed by atoms with Crippen LogP contribution in [0.3, 0.4) is 0 Å². The van der Waals surface area contributed by atoms with E-state index in [-0.39, 0.29) is 18.1 Å². The molecule has 1 aromatic carbocycles. The Morgan fingerprint density at radius 3 is 3.00 bits per heavy atom. The van der Waals surface area contributed by atoms with Crippen LogP contribution in [0.1, 0.15) is 12.8 Å². The fourth-order valence-corrected chi connectivity index (χ4v) is 1.97. The SMILES string of the molecule is O=C(CC1(O)CCNC1)Nc1cccc(O)c1. The highest BCUT2D eigenvalue weighted by Crippen LogP contribution is 2.20. The van der Waals surface area contributed by atoms with E-state index in [2.05, 4.69) is 10.6 Å². The smallest absolute Gasteiger partial charge is 0.227 e. The molecule has 0 aliphatic carbocycles. The first-order valence-electron chi connectivity index (χ1n) is 5.59. The van der Waals surface area contributed by atoms with Crippen LogP contribution in [0.2, 0.25) is 0 Å². The van der Waals surface area contributed by atoms with Gasteiger partial charge in [-0.2, -0.15) is 0 Å². The lowest BCUT2D eigenvalue weighted by atomic mass is 9.98. The molecule has 1 heterocycles. The maximum absolute atomic E-state index is 11.7. The minimum Gasteiger partial charge on any atom is -0.508 e. The molecule has 0 bridgehead atoms. The van der Waals surface area contributed by atoms with Crippen molar-refractivity contribution in [3.63, 3.8) is 0 Å². The highest BCUT2D eigenvalue weighted by Gasteiger charge is 2.33. The number of aromatic hydroxyl groups is 1. The van der Waals surface area contributed by atoms with Crippen molar-refractivity contribution in [2.75, 3.05) is 18.4 Å². The maximum Gasteiger partial charge on any atom is 0.227 e. The predicted octanol–water partition coefficient (Wildman–Crippen LogP) is 0.445. The third-order valence-electron chi connectivity index (χ3n) is 2.84. The second kappa shape index (κ2) is 4.73. The van der Waals surface area contributed by atoms with Gasteiger partial charge in [0.15, 0.2) is 0 Å². The number of anilines is 1. The predicted molar refractivity (Wildman–Crippen MR) is 63.8 cm³/mol. The summed E-state index contributed by atoms with van der Waals surface area (Å²) in [6.45, 7) is 1.18. The molecule has 5 heteroatoms. The van der Waals surface area contributed by atoms with Crippen molar-refractivity contribution in [2.24, 2.45) is 0 Å². The van der Waals surface area contributed by atoms with Gasteiger partial charge in [-0.3, -0.25) is 4.79 Å². The van der Waals surface area contributed by atoms with E-state index in [4.69, 9.17) is 0 Å². The van der Waals surface area contributed by atoms with Gasteiger partial charge in [-0.25, -0.2) is 0 Å². The van der Waals surface area contributed by atoms with Crippen LogP contribution < -0.4 is 10.6 Å². The lowest BCUT2D eigenvalue weighted by Gasteiger charge is -2.20. The molecule has 0 aromatic heterocycles. The molecule has 1 aromatic rings. The summed E-state index contributed by atoms with van der Waals surface area (Å²) in [7, 11) is 0. The molecule has 0 radical (unpaired) electrons. The van der Waals surface area contributed by atoms with Gasteiger partial charge < -0.3 is 20.8 Å². The van der Waals surface area contributed by atoms with Crippen molar-refractivity contribution in [3.8, 4) is 5.75 Å². The summed E-state index contributed by atoms with van der Waals surface area (Å²) in [4.78, 5) is 11.7. The molecule has 1 saturated heterocycles. The second-order valence-corrected chi connectivity index (χ2v) is 4.43. The van der Waals surface area contributed by atoms with E-state index >= 15 is 0 Å². The Labute approximate surface area is 99.5 Å². The highest BCUT2D eigenvalue weighted by atomic mass is 16.3. The number of hydrogen-bond donors (Lipinski definition) is 4. The quantitative estimate of drug-likeness (QED) is 0.614. The number of amides is 1. The zero-order valence-corrected chi connectivity index (χ0v) is 9.44. The lowest BCUT2D eigenvalue weighted by Crippen LogP contribution is -2.35. The number of nitrogens with one attached hydrogen (secondary N) is 2. The Hall–Kier alpha value is -1.59. The molecule has 2 rings (SSSR count). The number of phenolic OH excluding ortho intramolecular Hbond substituents is 1. The molecule has 1 amide bonds. The number of aliphatic hydroxyl groups is 1. The Morgan fingerprint density at radius 1 is 1.53 bits per heavy atom. The zero-order valence-electron chi connectivity index (χ0n) is 9.44. The Kier molecular flexibility index (Phi) is 3.31. The van der Waals surface area contributed by atoms with Gasteiger partial charge in [0.25, 0.3) is 0 Å². The Bertz CT molecular complexity index is 414. The first-order valence-corrected chi connectivity index (χ1v) is 5.59. The molecule has 1 aliphatic heterocycles. The molecule has 4 N–H and O–H groups in total. The number of carbonyl (C=O) groups is 1. The molecule has 0 saturated carbocycles. The first kappa shape index (κ1) is 11.9. The summed E-state index contributed by atoms with van der Waals surface area (Å²) in [5, 5.41) is 24.9. The lowest BCUT2D eigenvalue weighted by molar-refractivity contribution is -0.120. The minimum absolute atomic E-state index is 0.0651. The van der Waals surface area contributed by atoms with Crippen molar-refractivity contribution >= 4 is 11.6 Å². The van der Waals surface area contributed by atoms with Gasteiger partial charge in [-0.1, -0.05) is 6.07 Å². The van der Waals surface area contributed by atoms with Crippen LogP contribution in [-0.4, -0.2) is 34.8 Å². The van der Waals surface area contributed by atoms with Crippen molar-refractivity contribution in [1.29, 1.82) is 0 Å². The van der Waals surface area contributed by atoms with E-state index < -0.39 is 5.60 Å².